The standard InChI is InChI=1S/C18H33F3N4O2S/c1-3-14-5-7-15(8-6-14)13-23-17(22-4-2)24-16-9-11-25(12-10-16)28(26,27)18(19,20)21/h14-16H,3-13H2,1-2H3,(H2,22,23,24). The van der Waals surface area contributed by atoms with E-state index in [0.717, 1.165) is 12.5 Å². The summed E-state index contributed by atoms with van der Waals surface area (Å²) in [6.45, 7) is 5.35. The van der Waals surface area contributed by atoms with Crippen molar-refractivity contribution < 1.29 is 21.6 Å². The number of halogens is 3. The van der Waals surface area contributed by atoms with Gasteiger partial charge in [0.25, 0.3) is 0 Å². The van der Waals surface area contributed by atoms with Gasteiger partial charge in [-0.2, -0.15) is 17.5 Å². The molecule has 2 aliphatic rings. The normalized spacial score (nSPS) is 26.2. The van der Waals surface area contributed by atoms with Crippen molar-refractivity contribution in [3.63, 3.8) is 0 Å². The molecule has 28 heavy (non-hydrogen) atoms. The molecule has 0 bridgehead atoms. The van der Waals surface area contributed by atoms with Crippen LogP contribution in [-0.4, -0.2) is 56.4 Å². The summed E-state index contributed by atoms with van der Waals surface area (Å²) in [4.78, 5) is 4.67. The van der Waals surface area contributed by atoms with Gasteiger partial charge in [0.05, 0.1) is 0 Å². The highest BCUT2D eigenvalue weighted by Crippen LogP contribution is 2.31. The molecule has 1 aliphatic heterocycles. The Hall–Kier alpha value is -1.03. The quantitative estimate of drug-likeness (QED) is 0.506. The van der Waals surface area contributed by atoms with Gasteiger partial charge in [0, 0.05) is 32.2 Å². The zero-order valence-electron chi connectivity index (χ0n) is 16.8. The van der Waals surface area contributed by atoms with E-state index in [1.54, 1.807) is 0 Å². The minimum absolute atomic E-state index is 0.0895. The molecule has 10 heteroatoms. The van der Waals surface area contributed by atoms with Crippen LogP contribution in [-0.2, 0) is 10.0 Å². The van der Waals surface area contributed by atoms with Crippen LogP contribution in [0.4, 0.5) is 13.2 Å². The van der Waals surface area contributed by atoms with Crippen molar-refractivity contribution in [3.05, 3.63) is 0 Å². The number of aliphatic imine (C=N–C) groups is 1. The molecule has 2 rings (SSSR count). The van der Waals surface area contributed by atoms with Gasteiger partial charge in [-0.1, -0.05) is 26.2 Å². The molecule has 0 aromatic heterocycles. The molecule has 1 saturated carbocycles. The van der Waals surface area contributed by atoms with E-state index in [9.17, 15) is 21.6 Å². The SMILES string of the molecule is CCNC(=NCC1CCC(CC)CC1)NC1CCN(S(=O)(=O)C(F)(F)F)CC1. The van der Waals surface area contributed by atoms with E-state index in [2.05, 4.69) is 22.5 Å². The summed E-state index contributed by atoms with van der Waals surface area (Å²) < 4.78 is 61.6. The summed E-state index contributed by atoms with van der Waals surface area (Å²) in [5, 5.41) is 6.45. The molecule has 0 spiro atoms. The van der Waals surface area contributed by atoms with Gasteiger partial charge in [0.1, 0.15) is 0 Å². The van der Waals surface area contributed by atoms with Crippen LogP contribution in [0.15, 0.2) is 4.99 Å². The smallest absolute Gasteiger partial charge is 0.357 e. The van der Waals surface area contributed by atoms with Crippen molar-refractivity contribution >= 4 is 16.0 Å². The maximum atomic E-state index is 12.7. The van der Waals surface area contributed by atoms with Crippen LogP contribution in [0.3, 0.4) is 0 Å². The molecule has 0 atom stereocenters. The predicted molar refractivity (Wildman–Crippen MR) is 104 cm³/mol. The van der Waals surface area contributed by atoms with Gasteiger partial charge in [-0.05, 0) is 44.4 Å². The Morgan fingerprint density at radius 1 is 1.04 bits per heavy atom. The number of sulfonamides is 1. The number of nitrogens with one attached hydrogen (secondary N) is 2. The van der Waals surface area contributed by atoms with Crippen molar-refractivity contribution in [2.75, 3.05) is 26.2 Å². The van der Waals surface area contributed by atoms with Crippen LogP contribution < -0.4 is 10.6 Å². The number of hydrogen-bond donors (Lipinski definition) is 2. The molecule has 1 aliphatic carbocycles. The number of nitrogens with zero attached hydrogens (tertiary/aromatic N) is 2. The average molecular weight is 427 g/mol. The Balaban J connectivity index is 1.85. The van der Waals surface area contributed by atoms with Gasteiger partial charge in [0.2, 0.25) is 0 Å². The number of guanidine groups is 1. The third-order valence-electron chi connectivity index (χ3n) is 5.82. The van der Waals surface area contributed by atoms with E-state index in [1.165, 1.54) is 32.1 Å². The first kappa shape index (κ1) is 23.3. The summed E-state index contributed by atoms with van der Waals surface area (Å²) in [6, 6.07) is -0.0895. The summed E-state index contributed by atoms with van der Waals surface area (Å²) in [5.41, 5.74) is -5.24. The minimum Gasteiger partial charge on any atom is -0.357 e. The molecule has 0 aromatic rings. The lowest BCUT2D eigenvalue weighted by Gasteiger charge is -2.32. The zero-order chi connectivity index (χ0) is 20.8. The summed E-state index contributed by atoms with van der Waals surface area (Å²) in [5.74, 6) is 2.08. The molecule has 164 valence electrons. The Bertz CT molecular complexity index is 609. The molecular weight excluding hydrogens is 393 g/mol. The van der Waals surface area contributed by atoms with Crippen LogP contribution >= 0.6 is 0 Å². The lowest BCUT2D eigenvalue weighted by molar-refractivity contribution is -0.0494. The lowest BCUT2D eigenvalue weighted by atomic mass is 9.81. The van der Waals surface area contributed by atoms with E-state index in [1.807, 2.05) is 6.92 Å². The van der Waals surface area contributed by atoms with Crippen LogP contribution in [0.1, 0.15) is 58.8 Å². The van der Waals surface area contributed by atoms with E-state index in [4.69, 9.17) is 0 Å². The first-order valence-corrected chi connectivity index (χ1v) is 11.7. The fraction of sp³-hybridized carbons (Fsp3) is 0.944. The van der Waals surface area contributed by atoms with Gasteiger partial charge < -0.3 is 10.6 Å². The molecule has 0 aromatic carbocycles. The fourth-order valence-corrected chi connectivity index (χ4v) is 4.93. The topological polar surface area (TPSA) is 73.8 Å². The fourth-order valence-electron chi connectivity index (χ4n) is 3.94. The number of hydrogen-bond acceptors (Lipinski definition) is 3. The Morgan fingerprint density at radius 2 is 1.61 bits per heavy atom. The van der Waals surface area contributed by atoms with E-state index < -0.39 is 15.5 Å². The van der Waals surface area contributed by atoms with Gasteiger partial charge in [-0.25, -0.2) is 8.42 Å². The second-order valence-electron chi connectivity index (χ2n) is 7.78. The second-order valence-corrected chi connectivity index (χ2v) is 9.71. The number of alkyl halides is 3. The van der Waals surface area contributed by atoms with Crippen molar-refractivity contribution in [2.45, 2.75) is 70.3 Å². The maximum Gasteiger partial charge on any atom is 0.511 e. The number of piperidine rings is 1. The third kappa shape index (κ3) is 6.23. The molecule has 0 radical (unpaired) electrons. The monoisotopic (exact) mass is 426 g/mol. The highest BCUT2D eigenvalue weighted by Gasteiger charge is 2.50. The summed E-state index contributed by atoms with van der Waals surface area (Å²) in [6.07, 6.45) is 6.77. The molecule has 2 N–H and O–H groups in total. The summed E-state index contributed by atoms with van der Waals surface area (Å²) in [7, 11) is -5.23. The number of rotatable bonds is 6. The molecule has 0 unspecified atom stereocenters. The van der Waals surface area contributed by atoms with E-state index in [-0.39, 0.29) is 19.1 Å². The zero-order valence-corrected chi connectivity index (χ0v) is 17.6. The Morgan fingerprint density at radius 3 is 2.11 bits per heavy atom. The van der Waals surface area contributed by atoms with Crippen LogP contribution in [0.25, 0.3) is 0 Å². The largest absolute Gasteiger partial charge is 0.511 e. The average Bonchev–Trinajstić information content (AvgIpc) is 2.66. The van der Waals surface area contributed by atoms with E-state index >= 15 is 0 Å². The van der Waals surface area contributed by atoms with Crippen LogP contribution in [0, 0.1) is 11.8 Å². The van der Waals surface area contributed by atoms with Crippen molar-refractivity contribution in [1.82, 2.24) is 14.9 Å². The van der Waals surface area contributed by atoms with Crippen molar-refractivity contribution in [2.24, 2.45) is 16.8 Å². The minimum atomic E-state index is -5.24. The van der Waals surface area contributed by atoms with Gasteiger partial charge in [-0.3, -0.25) is 4.99 Å². The third-order valence-corrected chi connectivity index (χ3v) is 7.45. The molecule has 0 amide bonds. The van der Waals surface area contributed by atoms with Crippen molar-refractivity contribution in [1.29, 1.82) is 0 Å². The Kier molecular flexibility index (Phi) is 8.42. The molecule has 2 fully saturated rings. The maximum absolute atomic E-state index is 12.7. The highest BCUT2D eigenvalue weighted by atomic mass is 32.2. The lowest BCUT2D eigenvalue weighted by Crippen LogP contribution is -2.51. The van der Waals surface area contributed by atoms with Crippen LogP contribution in [0.2, 0.25) is 0 Å². The molecule has 6 nitrogen and oxygen atoms in total. The molecule has 1 heterocycles. The Labute approximate surface area is 166 Å². The first-order chi connectivity index (χ1) is 13.2. The van der Waals surface area contributed by atoms with Gasteiger partial charge >= 0.3 is 15.5 Å². The molecule has 1 saturated heterocycles. The van der Waals surface area contributed by atoms with Crippen molar-refractivity contribution in [3.8, 4) is 0 Å². The van der Waals surface area contributed by atoms with E-state index in [0.29, 0.717) is 35.6 Å². The second kappa shape index (κ2) is 10.1. The molecular formula is C18H33F3N4O2S. The summed E-state index contributed by atoms with van der Waals surface area (Å²) >= 11 is 0. The van der Waals surface area contributed by atoms with Gasteiger partial charge in [0.15, 0.2) is 5.96 Å². The van der Waals surface area contributed by atoms with Gasteiger partial charge in [-0.15, -0.1) is 0 Å². The predicted octanol–water partition coefficient (Wildman–Crippen LogP) is 3.07. The van der Waals surface area contributed by atoms with Crippen LogP contribution in [0.5, 0.6) is 0 Å². The highest BCUT2D eigenvalue weighted by molar-refractivity contribution is 7.90. The first-order valence-electron chi connectivity index (χ1n) is 10.3.